The molecule has 1 saturated heterocycles. The number of aryl methyl sites for hydroxylation is 1. The van der Waals surface area contributed by atoms with Crippen LogP contribution in [-0.2, 0) is 10.0 Å². The van der Waals surface area contributed by atoms with E-state index in [0.29, 0.717) is 18.2 Å². The number of halogens is 1. The minimum atomic E-state index is -3.42. The van der Waals surface area contributed by atoms with Gasteiger partial charge in [-0.1, -0.05) is 0 Å². The second kappa shape index (κ2) is 6.51. The van der Waals surface area contributed by atoms with Crippen molar-refractivity contribution in [3.8, 4) is 0 Å². The van der Waals surface area contributed by atoms with Crippen LogP contribution in [0.1, 0.15) is 18.5 Å². The summed E-state index contributed by atoms with van der Waals surface area (Å²) in [6.45, 7) is 4.10. The Hall–Kier alpha value is -0.630. The summed E-state index contributed by atoms with van der Waals surface area (Å²) in [6.07, 6.45) is 3.52. The molecule has 0 radical (unpaired) electrons. The molecular weight excluding hydrogens is 276 g/mol. The van der Waals surface area contributed by atoms with Crippen LogP contribution in [0.2, 0.25) is 0 Å². The molecule has 3 N–H and O–H groups in total. The fraction of sp³-hybridized carbons (Fsp3) is 0.700. The monoisotopic (exact) mass is 294 g/mol. The number of nitrogens with zero attached hydrogens (tertiary/aromatic N) is 1. The van der Waals surface area contributed by atoms with Gasteiger partial charge in [-0.15, -0.1) is 12.4 Å². The lowest BCUT2D eigenvalue weighted by molar-refractivity contribution is 0.376. The van der Waals surface area contributed by atoms with Gasteiger partial charge in [0.25, 0.3) is 0 Å². The summed E-state index contributed by atoms with van der Waals surface area (Å²) in [4.78, 5) is 0.237. The highest BCUT2D eigenvalue weighted by Crippen LogP contribution is 2.13. The maximum Gasteiger partial charge on any atom is 0.243 e. The van der Waals surface area contributed by atoms with Gasteiger partial charge in [-0.2, -0.15) is 5.10 Å². The molecule has 1 unspecified atom stereocenters. The number of hydrogen-bond donors (Lipinski definition) is 3. The molecule has 0 saturated carbocycles. The highest BCUT2D eigenvalue weighted by atomic mass is 35.5. The summed E-state index contributed by atoms with van der Waals surface area (Å²) < 4.78 is 26.6. The number of sulfonamides is 1. The van der Waals surface area contributed by atoms with Crippen LogP contribution >= 0.6 is 12.4 Å². The minimum Gasteiger partial charge on any atom is -0.316 e. The molecule has 0 aliphatic carbocycles. The molecule has 2 heterocycles. The van der Waals surface area contributed by atoms with E-state index in [-0.39, 0.29) is 17.3 Å². The molecule has 1 aliphatic heterocycles. The fourth-order valence-corrected chi connectivity index (χ4v) is 3.26. The molecule has 2 rings (SSSR count). The van der Waals surface area contributed by atoms with E-state index in [1.165, 1.54) is 6.20 Å². The summed E-state index contributed by atoms with van der Waals surface area (Å²) in [7, 11) is -3.42. The maximum atomic E-state index is 12.0. The first-order valence-electron chi connectivity index (χ1n) is 5.80. The predicted molar refractivity (Wildman–Crippen MR) is 71.4 cm³/mol. The van der Waals surface area contributed by atoms with Crippen LogP contribution in [0, 0.1) is 12.8 Å². The van der Waals surface area contributed by atoms with Crippen LogP contribution in [0.3, 0.4) is 0 Å². The smallest absolute Gasteiger partial charge is 0.243 e. The van der Waals surface area contributed by atoms with Crippen molar-refractivity contribution in [3.05, 3.63) is 11.9 Å². The Morgan fingerprint density at radius 1 is 1.56 bits per heavy atom. The van der Waals surface area contributed by atoms with Crippen LogP contribution in [-0.4, -0.2) is 38.2 Å². The number of aromatic amines is 1. The van der Waals surface area contributed by atoms with E-state index >= 15 is 0 Å². The lowest BCUT2D eigenvalue weighted by Crippen LogP contribution is -2.38. The molecule has 1 aliphatic rings. The molecule has 8 heteroatoms. The lowest BCUT2D eigenvalue weighted by atomic mass is 10.0. The topological polar surface area (TPSA) is 86.9 Å². The zero-order valence-electron chi connectivity index (χ0n) is 10.3. The predicted octanol–water partition coefficient (Wildman–Crippen LogP) is 0.418. The number of nitrogens with one attached hydrogen (secondary N) is 3. The second-order valence-corrected chi connectivity index (χ2v) is 6.16. The highest BCUT2D eigenvalue weighted by Gasteiger charge is 2.21. The molecule has 0 aromatic carbocycles. The average Bonchev–Trinajstić information content (AvgIpc) is 2.75. The van der Waals surface area contributed by atoms with Crippen molar-refractivity contribution in [2.24, 2.45) is 5.92 Å². The summed E-state index contributed by atoms with van der Waals surface area (Å²) in [6, 6.07) is 0. The van der Waals surface area contributed by atoms with E-state index < -0.39 is 10.0 Å². The normalized spacial score (nSPS) is 20.4. The van der Waals surface area contributed by atoms with Gasteiger partial charge >= 0.3 is 0 Å². The van der Waals surface area contributed by atoms with E-state index in [0.717, 1.165) is 25.9 Å². The maximum absolute atomic E-state index is 12.0. The number of aromatic nitrogens is 2. The van der Waals surface area contributed by atoms with Gasteiger partial charge in [0.15, 0.2) is 0 Å². The van der Waals surface area contributed by atoms with Gasteiger partial charge in [0, 0.05) is 6.54 Å². The Morgan fingerprint density at radius 2 is 2.33 bits per heavy atom. The SMILES string of the molecule is Cc1[nH]ncc1S(=O)(=O)NCC1CCCNC1.Cl. The second-order valence-electron chi connectivity index (χ2n) is 4.42. The molecule has 1 atom stereocenters. The van der Waals surface area contributed by atoms with Gasteiger partial charge in [0.05, 0.1) is 11.9 Å². The molecule has 0 spiro atoms. The van der Waals surface area contributed by atoms with E-state index in [4.69, 9.17) is 0 Å². The Bertz CT molecular complexity index is 468. The van der Waals surface area contributed by atoms with Gasteiger partial charge in [-0.25, -0.2) is 13.1 Å². The average molecular weight is 295 g/mol. The fourth-order valence-electron chi connectivity index (χ4n) is 2.01. The van der Waals surface area contributed by atoms with Crippen LogP contribution in [0.25, 0.3) is 0 Å². The van der Waals surface area contributed by atoms with Crippen LogP contribution in [0.5, 0.6) is 0 Å². The molecule has 18 heavy (non-hydrogen) atoms. The number of hydrogen-bond acceptors (Lipinski definition) is 4. The summed E-state index contributed by atoms with van der Waals surface area (Å²) >= 11 is 0. The molecule has 6 nitrogen and oxygen atoms in total. The quantitative estimate of drug-likeness (QED) is 0.751. The first-order valence-corrected chi connectivity index (χ1v) is 7.28. The largest absolute Gasteiger partial charge is 0.316 e. The van der Waals surface area contributed by atoms with Crippen LogP contribution < -0.4 is 10.0 Å². The Kier molecular flexibility index (Phi) is 5.58. The molecule has 104 valence electrons. The van der Waals surface area contributed by atoms with E-state index in [2.05, 4.69) is 20.2 Å². The third kappa shape index (κ3) is 3.68. The molecule has 0 amide bonds. The van der Waals surface area contributed by atoms with E-state index in [1.54, 1.807) is 6.92 Å². The van der Waals surface area contributed by atoms with Gasteiger partial charge in [-0.05, 0) is 38.8 Å². The summed E-state index contributed by atoms with van der Waals surface area (Å²) in [5, 5.41) is 9.62. The van der Waals surface area contributed by atoms with Crippen molar-refractivity contribution < 1.29 is 8.42 Å². The van der Waals surface area contributed by atoms with Crippen molar-refractivity contribution in [2.75, 3.05) is 19.6 Å². The van der Waals surface area contributed by atoms with E-state index in [1.807, 2.05) is 0 Å². The Balaban J connectivity index is 0.00000162. The third-order valence-electron chi connectivity index (χ3n) is 3.03. The Labute approximate surface area is 113 Å². The third-order valence-corrected chi connectivity index (χ3v) is 4.57. The van der Waals surface area contributed by atoms with Crippen molar-refractivity contribution >= 4 is 22.4 Å². The first-order chi connectivity index (χ1) is 8.09. The van der Waals surface area contributed by atoms with Crippen molar-refractivity contribution in [2.45, 2.75) is 24.7 Å². The van der Waals surface area contributed by atoms with Crippen LogP contribution in [0.4, 0.5) is 0 Å². The number of H-pyrrole nitrogens is 1. The highest BCUT2D eigenvalue weighted by molar-refractivity contribution is 7.89. The minimum absolute atomic E-state index is 0. The van der Waals surface area contributed by atoms with Crippen molar-refractivity contribution in [1.29, 1.82) is 0 Å². The van der Waals surface area contributed by atoms with Gasteiger partial charge in [0.2, 0.25) is 10.0 Å². The van der Waals surface area contributed by atoms with Crippen LogP contribution in [0.15, 0.2) is 11.1 Å². The number of rotatable bonds is 4. The molecular formula is C10H19ClN4O2S. The van der Waals surface area contributed by atoms with Gasteiger partial charge in [0.1, 0.15) is 4.90 Å². The molecule has 1 aromatic heterocycles. The number of piperidine rings is 1. The zero-order chi connectivity index (χ0) is 12.3. The van der Waals surface area contributed by atoms with E-state index in [9.17, 15) is 8.42 Å². The van der Waals surface area contributed by atoms with Gasteiger partial charge in [-0.3, -0.25) is 5.10 Å². The molecule has 0 bridgehead atoms. The lowest BCUT2D eigenvalue weighted by Gasteiger charge is -2.22. The molecule has 1 aromatic rings. The van der Waals surface area contributed by atoms with Crippen molar-refractivity contribution in [1.82, 2.24) is 20.2 Å². The molecule has 1 fully saturated rings. The summed E-state index contributed by atoms with van der Waals surface area (Å²) in [5.41, 5.74) is 0.569. The van der Waals surface area contributed by atoms with Gasteiger partial charge < -0.3 is 5.32 Å². The zero-order valence-corrected chi connectivity index (χ0v) is 11.9. The standard InChI is InChI=1S/C10H18N4O2S.ClH/c1-8-10(7-12-14-8)17(15,16)13-6-9-3-2-4-11-5-9;/h7,9,11,13H,2-6H2,1H3,(H,12,14);1H. The Morgan fingerprint density at radius 3 is 2.89 bits per heavy atom. The first kappa shape index (κ1) is 15.4. The summed E-state index contributed by atoms with van der Waals surface area (Å²) in [5.74, 6) is 0.380. The van der Waals surface area contributed by atoms with Crippen molar-refractivity contribution in [3.63, 3.8) is 0 Å².